The van der Waals surface area contributed by atoms with Gasteiger partial charge in [0.2, 0.25) is 0 Å². The van der Waals surface area contributed by atoms with Crippen molar-refractivity contribution in [1.82, 2.24) is 0 Å². The number of rotatable bonds is 3. The van der Waals surface area contributed by atoms with E-state index in [2.05, 4.69) is 6.92 Å². The Morgan fingerprint density at radius 1 is 1.29 bits per heavy atom. The molecule has 0 aliphatic carbocycles. The third kappa shape index (κ3) is 11.8. The van der Waals surface area contributed by atoms with Crippen LogP contribution >= 0.6 is 0 Å². The van der Waals surface area contributed by atoms with Crippen molar-refractivity contribution in [2.45, 2.75) is 38.7 Å². The minimum atomic E-state index is 0.153. The van der Waals surface area contributed by atoms with Crippen LogP contribution in [0.3, 0.4) is 0 Å². The molecule has 3 N–H and O–H groups in total. The predicted molar refractivity (Wildman–Crippen MR) is 56.2 cm³/mol. The van der Waals surface area contributed by atoms with Crippen LogP contribution in [-0.4, -0.2) is 48.4 Å². The molecule has 0 aromatic heterocycles. The summed E-state index contributed by atoms with van der Waals surface area (Å²) in [6.07, 6.45) is 4.35. The van der Waals surface area contributed by atoms with Crippen molar-refractivity contribution in [3.05, 3.63) is 0 Å². The van der Waals surface area contributed by atoms with Crippen molar-refractivity contribution in [3.8, 4) is 0 Å². The summed E-state index contributed by atoms with van der Waals surface area (Å²) in [7, 11) is 1.00. The van der Waals surface area contributed by atoms with Crippen LogP contribution in [0.1, 0.15) is 32.6 Å². The summed E-state index contributed by atoms with van der Waals surface area (Å²) in [6.45, 7) is 3.43. The average Bonchev–Trinajstić information content (AvgIpc) is 2.75. The van der Waals surface area contributed by atoms with Crippen molar-refractivity contribution < 1.29 is 20.1 Å². The number of hydrogen-bond acceptors (Lipinski definition) is 4. The summed E-state index contributed by atoms with van der Waals surface area (Å²) in [5, 5.41) is 23.5. The molecule has 1 atom stereocenters. The summed E-state index contributed by atoms with van der Waals surface area (Å²) >= 11 is 0. The first kappa shape index (κ1) is 16.3. The molecule has 1 unspecified atom stereocenters. The quantitative estimate of drug-likeness (QED) is 0.633. The molecule has 1 rings (SSSR count). The Kier molecular flexibility index (Phi) is 17.8. The van der Waals surface area contributed by atoms with Crippen LogP contribution in [0.2, 0.25) is 0 Å². The van der Waals surface area contributed by atoms with E-state index >= 15 is 0 Å². The van der Waals surface area contributed by atoms with Crippen molar-refractivity contribution in [3.63, 3.8) is 0 Å². The molecular weight excluding hydrogens is 184 g/mol. The van der Waals surface area contributed by atoms with Gasteiger partial charge in [0.15, 0.2) is 0 Å². The lowest BCUT2D eigenvalue weighted by molar-refractivity contribution is 0.0591. The van der Waals surface area contributed by atoms with Crippen molar-refractivity contribution in [2.24, 2.45) is 0 Å². The molecule has 88 valence electrons. The van der Waals surface area contributed by atoms with E-state index in [1.54, 1.807) is 0 Å². The fourth-order valence-electron chi connectivity index (χ4n) is 0.946. The molecule has 1 aliphatic heterocycles. The van der Waals surface area contributed by atoms with Gasteiger partial charge in [-0.05, 0) is 19.3 Å². The van der Waals surface area contributed by atoms with Crippen LogP contribution in [0.15, 0.2) is 0 Å². The van der Waals surface area contributed by atoms with Crippen molar-refractivity contribution in [1.29, 1.82) is 0 Å². The van der Waals surface area contributed by atoms with Gasteiger partial charge in [-0.15, -0.1) is 0 Å². The highest BCUT2D eigenvalue weighted by Gasteiger charge is 2.12. The normalized spacial score (nSPS) is 19.1. The predicted octanol–water partition coefficient (Wildman–Crippen LogP) is 0.545. The summed E-state index contributed by atoms with van der Waals surface area (Å²) in [6, 6.07) is 0. The minimum absolute atomic E-state index is 0.153. The van der Waals surface area contributed by atoms with Gasteiger partial charge in [0.05, 0.1) is 12.7 Å². The number of unbranched alkanes of at least 4 members (excludes halogenated alkanes) is 1. The Balaban J connectivity index is 0. The molecule has 4 heteroatoms. The number of aliphatic hydroxyl groups is 3. The second-order valence-electron chi connectivity index (χ2n) is 2.89. The van der Waals surface area contributed by atoms with E-state index in [1.165, 1.54) is 0 Å². The van der Waals surface area contributed by atoms with Gasteiger partial charge < -0.3 is 20.1 Å². The van der Waals surface area contributed by atoms with E-state index < -0.39 is 0 Å². The summed E-state index contributed by atoms with van der Waals surface area (Å²) < 4.78 is 5.05. The molecule has 0 aromatic rings. The van der Waals surface area contributed by atoms with Crippen LogP contribution in [0.4, 0.5) is 0 Å². The van der Waals surface area contributed by atoms with Crippen LogP contribution in [0.5, 0.6) is 0 Å². The van der Waals surface area contributed by atoms with Gasteiger partial charge >= 0.3 is 0 Å². The van der Waals surface area contributed by atoms with E-state index in [1.807, 2.05) is 0 Å². The standard InChI is InChI=1S/C5H10O2.C4H10O.CH4O/c6-4-5-2-1-3-7-5;1-2-3-4-5;1-2/h5-6H,1-4H2;5H,2-4H2,1H3;2H,1H3. The third-order valence-electron chi connectivity index (χ3n) is 1.74. The number of hydrogen-bond donors (Lipinski definition) is 3. The summed E-state index contributed by atoms with van der Waals surface area (Å²) in [5.74, 6) is 0. The molecule has 0 saturated carbocycles. The molecule has 1 fully saturated rings. The first-order valence-corrected chi connectivity index (χ1v) is 5.13. The Labute approximate surface area is 86.5 Å². The van der Waals surface area contributed by atoms with Crippen LogP contribution in [0, 0.1) is 0 Å². The smallest absolute Gasteiger partial charge is 0.0806 e. The first-order chi connectivity index (χ1) is 6.85. The molecular formula is C10H24O4. The molecule has 4 nitrogen and oxygen atoms in total. The van der Waals surface area contributed by atoms with Gasteiger partial charge in [0.25, 0.3) is 0 Å². The second kappa shape index (κ2) is 15.3. The molecule has 14 heavy (non-hydrogen) atoms. The zero-order valence-corrected chi connectivity index (χ0v) is 9.28. The Morgan fingerprint density at radius 3 is 2.07 bits per heavy atom. The van der Waals surface area contributed by atoms with E-state index in [0.29, 0.717) is 6.61 Å². The first-order valence-electron chi connectivity index (χ1n) is 5.13. The lowest BCUT2D eigenvalue weighted by Crippen LogP contribution is -2.09. The maximum atomic E-state index is 8.44. The highest BCUT2D eigenvalue weighted by molar-refractivity contribution is 4.61. The maximum absolute atomic E-state index is 8.44. The van der Waals surface area contributed by atoms with Gasteiger partial charge in [-0.1, -0.05) is 13.3 Å². The SMILES string of the molecule is CCCCO.CO.OCC1CCCO1. The van der Waals surface area contributed by atoms with Crippen LogP contribution in [-0.2, 0) is 4.74 Å². The van der Waals surface area contributed by atoms with E-state index in [0.717, 1.165) is 39.4 Å². The van der Waals surface area contributed by atoms with E-state index in [-0.39, 0.29) is 12.7 Å². The molecule has 0 bridgehead atoms. The number of aliphatic hydroxyl groups excluding tert-OH is 3. The van der Waals surface area contributed by atoms with Crippen molar-refractivity contribution >= 4 is 0 Å². The largest absolute Gasteiger partial charge is 0.400 e. The molecule has 1 saturated heterocycles. The Morgan fingerprint density at radius 2 is 1.93 bits per heavy atom. The fraction of sp³-hybridized carbons (Fsp3) is 1.00. The van der Waals surface area contributed by atoms with Gasteiger partial charge in [0, 0.05) is 20.3 Å². The van der Waals surface area contributed by atoms with Gasteiger partial charge in [-0.2, -0.15) is 0 Å². The zero-order valence-electron chi connectivity index (χ0n) is 9.28. The summed E-state index contributed by atoms with van der Waals surface area (Å²) in [4.78, 5) is 0. The van der Waals surface area contributed by atoms with Crippen molar-refractivity contribution in [2.75, 3.05) is 26.9 Å². The molecule has 0 spiro atoms. The van der Waals surface area contributed by atoms with Gasteiger partial charge in [-0.25, -0.2) is 0 Å². The highest BCUT2D eigenvalue weighted by atomic mass is 16.5. The monoisotopic (exact) mass is 208 g/mol. The van der Waals surface area contributed by atoms with E-state index in [9.17, 15) is 0 Å². The number of ether oxygens (including phenoxy) is 1. The second-order valence-corrected chi connectivity index (χ2v) is 2.89. The minimum Gasteiger partial charge on any atom is -0.400 e. The third-order valence-corrected chi connectivity index (χ3v) is 1.74. The lowest BCUT2D eigenvalue weighted by atomic mass is 10.2. The molecule has 1 heterocycles. The summed E-state index contributed by atoms with van der Waals surface area (Å²) in [5.41, 5.74) is 0. The van der Waals surface area contributed by atoms with Gasteiger partial charge in [-0.3, -0.25) is 0 Å². The topological polar surface area (TPSA) is 69.9 Å². The molecule has 1 aliphatic rings. The Hall–Kier alpha value is -0.160. The Bertz CT molecular complexity index is 80.2. The average molecular weight is 208 g/mol. The van der Waals surface area contributed by atoms with E-state index in [4.69, 9.17) is 20.1 Å². The fourth-order valence-corrected chi connectivity index (χ4v) is 0.946. The zero-order chi connectivity index (χ0) is 11.2. The highest BCUT2D eigenvalue weighted by Crippen LogP contribution is 2.09. The van der Waals surface area contributed by atoms with Gasteiger partial charge in [0.1, 0.15) is 0 Å². The van der Waals surface area contributed by atoms with Crippen LogP contribution < -0.4 is 0 Å². The molecule has 0 radical (unpaired) electrons. The maximum Gasteiger partial charge on any atom is 0.0806 e. The lowest BCUT2D eigenvalue weighted by Gasteiger charge is -2.00. The van der Waals surface area contributed by atoms with Crippen LogP contribution in [0.25, 0.3) is 0 Å². The molecule has 0 aromatic carbocycles. The molecule has 0 amide bonds.